The van der Waals surface area contributed by atoms with Gasteiger partial charge in [0.15, 0.2) is 0 Å². The second-order valence-electron chi connectivity index (χ2n) is 3.49. The molecule has 1 nitrogen and oxygen atoms in total. The highest BCUT2D eigenvalue weighted by Gasteiger charge is 2.18. The molecular weight excluding hydrogens is 146 g/mol. The number of benzene rings is 1. The molecule has 1 heteroatoms. The van der Waals surface area contributed by atoms with Gasteiger partial charge in [-0.3, -0.25) is 0 Å². The van der Waals surface area contributed by atoms with Crippen molar-refractivity contribution in [1.29, 1.82) is 0 Å². The largest absolute Gasteiger partial charge is 0.382 e. The van der Waals surface area contributed by atoms with Crippen LogP contribution in [-0.4, -0.2) is 6.04 Å². The fourth-order valence-electron chi connectivity index (χ4n) is 1.90. The molecule has 0 saturated carbocycles. The van der Waals surface area contributed by atoms with E-state index in [2.05, 4.69) is 36.5 Å². The fraction of sp³-hybridized carbons (Fsp3) is 0.455. The molecule has 0 fully saturated rings. The van der Waals surface area contributed by atoms with Crippen LogP contribution >= 0.6 is 0 Å². The first-order valence-electron chi connectivity index (χ1n) is 4.74. The first-order chi connectivity index (χ1) is 5.90. The lowest BCUT2D eigenvalue weighted by Crippen LogP contribution is -2.14. The zero-order chi connectivity index (χ0) is 8.39. The number of hydrogen-bond acceptors (Lipinski definition) is 1. The van der Waals surface area contributed by atoms with Crippen LogP contribution in [0.4, 0.5) is 5.69 Å². The van der Waals surface area contributed by atoms with Gasteiger partial charge in [0.05, 0.1) is 0 Å². The van der Waals surface area contributed by atoms with Gasteiger partial charge in [0.2, 0.25) is 0 Å². The van der Waals surface area contributed by atoms with Crippen LogP contribution in [0.15, 0.2) is 24.3 Å². The van der Waals surface area contributed by atoms with E-state index in [1.807, 2.05) is 0 Å². The van der Waals surface area contributed by atoms with E-state index in [1.54, 1.807) is 0 Å². The summed E-state index contributed by atoms with van der Waals surface area (Å²) in [5.41, 5.74) is 2.83. The summed E-state index contributed by atoms with van der Waals surface area (Å²) >= 11 is 0. The third-order valence-corrected chi connectivity index (χ3v) is 2.48. The van der Waals surface area contributed by atoms with Crippen molar-refractivity contribution in [2.45, 2.75) is 32.2 Å². The topological polar surface area (TPSA) is 12.0 Å². The Kier molecular flexibility index (Phi) is 2.03. The zero-order valence-corrected chi connectivity index (χ0v) is 7.51. The van der Waals surface area contributed by atoms with Gasteiger partial charge >= 0.3 is 0 Å². The summed E-state index contributed by atoms with van der Waals surface area (Å²) in [6.07, 6.45) is 3.77. The Hall–Kier alpha value is -0.980. The molecule has 0 radical (unpaired) electrons. The fourth-order valence-corrected chi connectivity index (χ4v) is 1.90. The Morgan fingerprint density at radius 2 is 2.25 bits per heavy atom. The SMILES string of the molecule is CCC[C@@H]1Cc2ccccc2N1. The van der Waals surface area contributed by atoms with Gasteiger partial charge < -0.3 is 5.32 Å². The van der Waals surface area contributed by atoms with Gasteiger partial charge in [-0.15, -0.1) is 0 Å². The Labute approximate surface area is 73.8 Å². The molecular formula is C11H15N. The molecule has 0 aliphatic carbocycles. The van der Waals surface area contributed by atoms with Crippen molar-refractivity contribution < 1.29 is 0 Å². The summed E-state index contributed by atoms with van der Waals surface area (Å²) in [6.45, 7) is 2.24. The summed E-state index contributed by atoms with van der Waals surface area (Å²) in [5.74, 6) is 0. The summed E-state index contributed by atoms with van der Waals surface area (Å²) < 4.78 is 0. The number of anilines is 1. The number of rotatable bonds is 2. The van der Waals surface area contributed by atoms with Crippen LogP contribution in [0.5, 0.6) is 0 Å². The molecule has 1 aliphatic heterocycles. The summed E-state index contributed by atoms with van der Waals surface area (Å²) in [4.78, 5) is 0. The van der Waals surface area contributed by atoms with Crippen LogP contribution in [0, 0.1) is 0 Å². The molecule has 1 aromatic rings. The summed E-state index contributed by atoms with van der Waals surface area (Å²) in [5, 5.41) is 3.54. The van der Waals surface area contributed by atoms with E-state index < -0.39 is 0 Å². The predicted molar refractivity (Wildman–Crippen MR) is 52.5 cm³/mol. The van der Waals surface area contributed by atoms with Gasteiger partial charge in [0.1, 0.15) is 0 Å². The molecule has 0 spiro atoms. The minimum Gasteiger partial charge on any atom is -0.382 e. The molecule has 1 aliphatic rings. The predicted octanol–water partition coefficient (Wildman–Crippen LogP) is 2.82. The molecule has 12 heavy (non-hydrogen) atoms. The van der Waals surface area contributed by atoms with Gasteiger partial charge in [0.25, 0.3) is 0 Å². The molecule has 1 atom stereocenters. The first-order valence-corrected chi connectivity index (χ1v) is 4.74. The van der Waals surface area contributed by atoms with Crippen molar-refractivity contribution >= 4 is 5.69 Å². The van der Waals surface area contributed by atoms with Crippen LogP contribution in [0.25, 0.3) is 0 Å². The van der Waals surface area contributed by atoms with E-state index in [0.29, 0.717) is 6.04 Å². The Bertz CT molecular complexity index is 242. The molecule has 0 amide bonds. The monoisotopic (exact) mass is 161 g/mol. The van der Waals surface area contributed by atoms with Gasteiger partial charge in [-0.25, -0.2) is 0 Å². The van der Waals surface area contributed by atoms with Gasteiger partial charge in [-0.1, -0.05) is 31.5 Å². The van der Waals surface area contributed by atoms with Crippen LogP contribution < -0.4 is 5.32 Å². The van der Waals surface area contributed by atoms with Crippen molar-refractivity contribution in [3.05, 3.63) is 29.8 Å². The lowest BCUT2D eigenvalue weighted by Gasteiger charge is -2.08. The standard InChI is InChI=1S/C11H15N/c1-2-5-10-8-9-6-3-4-7-11(9)12-10/h3-4,6-7,10,12H,2,5,8H2,1H3/t10-/m1/s1. The van der Waals surface area contributed by atoms with E-state index in [-0.39, 0.29) is 0 Å². The highest BCUT2D eigenvalue weighted by molar-refractivity contribution is 5.56. The number of nitrogens with one attached hydrogen (secondary N) is 1. The molecule has 1 N–H and O–H groups in total. The van der Waals surface area contributed by atoms with Crippen molar-refractivity contribution in [2.75, 3.05) is 5.32 Å². The van der Waals surface area contributed by atoms with E-state index >= 15 is 0 Å². The second-order valence-corrected chi connectivity index (χ2v) is 3.49. The van der Waals surface area contributed by atoms with E-state index in [4.69, 9.17) is 0 Å². The van der Waals surface area contributed by atoms with E-state index in [1.165, 1.54) is 30.5 Å². The molecule has 1 aromatic carbocycles. The third kappa shape index (κ3) is 1.31. The first kappa shape index (κ1) is 7.66. The number of hydrogen-bond donors (Lipinski definition) is 1. The Morgan fingerprint density at radius 1 is 1.42 bits per heavy atom. The second kappa shape index (κ2) is 3.18. The minimum absolute atomic E-state index is 0.687. The quantitative estimate of drug-likeness (QED) is 0.703. The van der Waals surface area contributed by atoms with E-state index in [0.717, 1.165) is 0 Å². The summed E-state index contributed by atoms with van der Waals surface area (Å²) in [7, 11) is 0. The maximum atomic E-state index is 3.54. The average molecular weight is 161 g/mol. The van der Waals surface area contributed by atoms with Gasteiger partial charge in [-0.2, -0.15) is 0 Å². The molecule has 64 valence electrons. The lowest BCUT2D eigenvalue weighted by molar-refractivity contribution is 0.661. The van der Waals surface area contributed by atoms with Crippen LogP contribution in [0.2, 0.25) is 0 Å². The average Bonchev–Trinajstić information content (AvgIpc) is 2.47. The van der Waals surface area contributed by atoms with Crippen molar-refractivity contribution in [3.8, 4) is 0 Å². The van der Waals surface area contributed by atoms with Gasteiger partial charge in [0, 0.05) is 11.7 Å². The molecule has 0 saturated heterocycles. The van der Waals surface area contributed by atoms with Crippen molar-refractivity contribution in [2.24, 2.45) is 0 Å². The molecule has 0 bridgehead atoms. The van der Waals surface area contributed by atoms with Crippen LogP contribution in [0.3, 0.4) is 0 Å². The normalized spacial score (nSPS) is 20.2. The van der Waals surface area contributed by atoms with Crippen molar-refractivity contribution in [3.63, 3.8) is 0 Å². The smallest absolute Gasteiger partial charge is 0.0375 e. The molecule has 0 aromatic heterocycles. The molecule has 1 heterocycles. The molecule has 2 rings (SSSR count). The maximum Gasteiger partial charge on any atom is 0.0375 e. The zero-order valence-electron chi connectivity index (χ0n) is 7.51. The Morgan fingerprint density at radius 3 is 3.00 bits per heavy atom. The number of para-hydroxylation sites is 1. The summed E-state index contributed by atoms with van der Waals surface area (Å²) in [6, 6.07) is 9.30. The van der Waals surface area contributed by atoms with Crippen LogP contribution in [-0.2, 0) is 6.42 Å². The van der Waals surface area contributed by atoms with E-state index in [9.17, 15) is 0 Å². The van der Waals surface area contributed by atoms with Crippen molar-refractivity contribution in [1.82, 2.24) is 0 Å². The number of fused-ring (bicyclic) bond motifs is 1. The van der Waals surface area contributed by atoms with Gasteiger partial charge in [-0.05, 0) is 24.5 Å². The highest BCUT2D eigenvalue weighted by atomic mass is 14.9. The highest BCUT2D eigenvalue weighted by Crippen LogP contribution is 2.26. The third-order valence-electron chi connectivity index (χ3n) is 2.48. The molecule has 0 unspecified atom stereocenters. The maximum absolute atomic E-state index is 3.54. The lowest BCUT2D eigenvalue weighted by atomic mass is 10.1. The minimum atomic E-state index is 0.687. The Balaban J connectivity index is 2.11. The van der Waals surface area contributed by atoms with Crippen LogP contribution in [0.1, 0.15) is 25.3 Å².